The summed E-state index contributed by atoms with van der Waals surface area (Å²) in [5, 5.41) is 10.3. The van der Waals surface area contributed by atoms with Crippen molar-refractivity contribution in [3.8, 4) is 33.4 Å². The van der Waals surface area contributed by atoms with E-state index in [9.17, 15) is 0 Å². The van der Waals surface area contributed by atoms with Crippen LogP contribution in [0, 0.1) is 23.7 Å². The van der Waals surface area contributed by atoms with Gasteiger partial charge in [0.05, 0.1) is 0 Å². The summed E-state index contributed by atoms with van der Waals surface area (Å²) in [5.41, 5.74) is 13.2. The smallest absolute Gasteiger partial charge is 0.136 e. The monoisotopic (exact) mass is 678 g/mol. The van der Waals surface area contributed by atoms with Gasteiger partial charge < -0.3 is 4.42 Å². The first-order valence-corrected chi connectivity index (χ1v) is 19.8. The van der Waals surface area contributed by atoms with Crippen LogP contribution in [0.1, 0.15) is 43.2 Å². The maximum atomic E-state index is 6.77. The van der Waals surface area contributed by atoms with Crippen molar-refractivity contribution in [2.75, 3.05) is 0 Å². The van der Waals surface area contributed by atoms with Crippen molar-refractivity contribution in [2.45, 2.75) is 37.5 Å². The lowest BCUT2D eigenvalue weighted by Crippen LogP contribution is -2.55. The standard InChI is InChI=1S/C52H38O/c1-2-10-32(11-3-1)41-28-43-38-14-6-4-12-36(38)37-13-5-7-15-39(37)44(43)29-42(41)33-18-20-48-45(27-33)51-49(53-48)21-19-47-50(51)40-16-8-9-17-46(40)52(47)34-23-30-22-31(25-34)26-35(52)24-30/h1-21,27-31,34-35H,22-26H2. The molecule has 252 valence electrons. The van der Waals surface area contributed by atoms with E-state index in [4.69, 9.17) is 4.42 Å². The van der Waals surface area contributed by atoms with E-state index in [1.54, 1.807) is 11.1 Å². The Labute approximate surface area is 308 Å². The highest BCUT2D eigenvalue weighted by atomic mass is 16.3. The van der Waals surface area contributed by atoms with Gasteiger partial charge in [0.25, 0.3) is 0 Å². The predicted molar refractivity (Wildman–Crippen MR) is 220 cm³/mol. The van der Waals surface area contributed by atoms with E-state index in [-0.39, 0.29) is 5.41 Å². The molecular formula is C52H38O. The molecule has 0 unspecified atom stereocenters. The molecule has 1 aromatic heterocycles. The first-order chi connectivity index (χ1) is 26.2. The molecule has 5 aliphatic rings. The molecule has 0 N–H and O–H groups in total. The van der Waals surface area contributed by atoms with Crippen LogP contribution < -0.4 is 0 Å². The SMILES string of the molecule is c1ccc(-c2cc3c4ccccc4c4ccccc4c3cc2-c2ccc3oc4ccc5c(c4c3c2)-c2ccccc2C52C3CC4CC(C3)CC2C4)cc1. The molecule has 5 aliphatic carbocycles. The lowest BCUT2D eigenvalue weighted by atomic mass is 9.43. The second-order valence-corrected chi connectivity index (χ2v) is 16.8. The number of benzene rings is 8. The summed E-state index contributed by atoms with van der Waals surface area (Å²) in [5.74, 6) is 3.33. The number of hydrogen-bond acceptors (Lipinski definition) is 1. The van der Waals surface area contributed by atoms with Gasteiger partial charge in [0, 0.05) is 16.2 Å². The van der Waals surface area contributed by atoms with Crippen LogP contribution in [-0.4, -0.2) is 0 Å². The third kappa shape index (κ3) is 3.68. The van der Waals surface area contributed by atoms with Gasteiger partial charge in [0.15, 0.2) is 0 Å². The second kappa shape index (κ2) is 10.3. The number of fused-ring (bicyclic) bond motifs is 13. The van der Waals surface area contributed by atoms with E-state index in [1.807, 2.05) is 0 Å². The molecule has 1 heterocycles. The van der Waals surface area contributed by atoms with E-state index in [1.165, 1.54) is 109 Å². The summed E-state index contributed by atoms with van der Waals surface area (Å²) in [6, 6.07) is 54.9. The summed E-state index contributed by atoms with van der Waals surface area (Å²) < 4.78 is 6.77. The number of rotatable bonds is 2. The predicted octanol–water partition coefficient (Wildman–Crippen LogP) is 14.1. The van der Waals surface area contributed by atoms with E-state index in [0.717, 1.165) is 34.8 Å². The largest absolute Gasteiger partial charge is 0.456 e. The highest BCUT2D eigenvalue weighted by Gasteiger charge is 2.61. The fourth-order valence-electron chi connectivity index (χ4n) is 12.7. The van der Waals surface area contributed by atoms with Crippen LogP contribution in [0.5, 0.6) is 0 Å². The molecule has 0 aliphatic heterocycles. The first kappa shape index (κ1) is 28.9. The topological polar surface area (TPSA) is 13.1 Å². The first-order valence-electron chi connectivity index (χ1n) is 19.8. The Bertz CT molecular complexity index is 2990. The van der Waals surface area contributed by atoms with Crippen molar-refractivity contribution in [1.82, 2.24) is 0 Å². The number of hydrogen-bond donors (Lipinski definition) is 0. The molecule has 1 spiro atoms. The van der Waals surface area contributed by atoms with Crippen molar-refractivity contribution in [2.24, 2.45) is 23.7 Å². The Hall–Kier alpha value is -5.66. The minimum atomic E-state index is 0.136. The zero-order valence-electron chi connectivity index (χ0n) is 29.6. The molecule has 8 aromatic carbocycles. The summed E-state index contributed by atoms with van der Waals surface area (Å²) >= 11 is 0. The van der Waals surface area contributed by atoms with Gasteiger partial charge in [-0.1, -0.05) is 115 Å². The maximum absolute atomic E-state index is 6.77. The third-order valence-electron chi connectivity index (χ3n) is 14.4. The van der Waals surface area contributed by atoms with Gasteiger partial charge in [0.1, 0.15) is 11.2 Å². The van der Waals surface area contributed by atoms with Crippen LogP contribution in [0.25, 0.3) is 87.6 Å². The van der Waals surface area contributed by atoms with Crippen molar-refractivity contribution >= 4 is 54.3 Å². The number of furan rings is 1. The van der Waals surface area contributed by atoms with Gasteiger partial charge in [-0.15, -0.1) is 0 Å². The molecule has 53 heavy (non-hydrogen) atoms. The fourth-order valence-corrected chi connectivity index (χ4v) is 12.7. The zero-order chi connectivity index (χ0) is 34.4. The van der Waals surface area contributed by atoms with E-state index < -0.39 is 0 Å². The Kier molecular flexibility index (Phi) is 5.59. The van der Waals surface area contributed by atoms with Crippen LogP contribution in [0.3, 0.4) is 0 Å². The lowest BCUT2D eigenvalue weighted by molar-refractivity contribution is -0.0399. The highest BCUT2D eigenvalue weighted by molar-refractivity contribution is 6.27. The van der Waals surface area contributed by atoms with Gasteiger partial charge >= 0.3 is 0 Å². The lowest BCUT2D eigenvalue weighted by Gasteiger charge is -2.61. The molecule has 0 atom stereocenters. The molecule has 4 bridgehead atoms. The normalized spacial score (nSPS) is 23.9. The fraction of sp³-hybridized carbons (Fsp3) is 0.192. The Morgan fingerprint density at radius 2 is 0.962 bits per heavy atom. The van der Waals surface area contributed by atoms with Gasteiger partial charge in [-0.2, -0.15) is 0 Å². The van der Waals surface area contributed by atoms with E-state index >= 15 is 0 Å². The van der Waals surface area contributed by atoms with Crippen LogP contribution in [0.2, 0.25) is 0 Å². The Morgan fingerprint density at radius 1 is 0.396 bits per heavy atom. The van der Waals surface area contributed by atoms with Crippen molar-refractivity contribution in [1.29, 1.82) is 0 Å². The Balaban J connectivity index is 1.10. The van der Waals surface area contributed by atoms with E-state index in [2.05, 4.69) is 146 Å². The second-order valence-electron chi connectivity index (χ2n) is 16.8. The van der Waals surface area contributed by atoms with Crippen LogP contribution in [-0.2, 0) is 5.41 Å². The van der Waals surface area contributed by atoms with Gasteiger partial charge in [-0.3, -0.25) is 0 Å². The summed E-state index contributed by atoms with van der Waals surface area (Å²) in [7, 11) is 0. The summed E-state index contributed by atoms with van der Waals surface area (Å²) in [4.78, 5) is 0. The maximum Gasteiger partial charge on any atom is 0.136 e. The van der Waals surface area contributed by atoms with E-state index in [0.29, 0.717) is 0 Å². The molecule has 1 heteroatoms. The van der Waals surface area contributed by atoms with Gasteiger partial charge in [-0.05, 0) is 163 Å². The van der Waals surface area contributed by atoms with Crippen molar-refractivity contribution in [3.63, 3.8) is 0 Å². The van der Waals surface area contributed by atoms with Crippen LogP contribution >= 0.6 is 0 Å². The minimum absolute atomic E-state index is 0.136. The Morgan fingerprint density at radius 3 is 1.64 bits per heavy atom. The molecule has 0 amide bonds. The highest BCUT2D eigenvalue weighted by Crippen LogP contribution is 2.70. The average Bonchev–Trinajstić information content (AvgIpc) is 3.73. The molecule has 9 aromatic rings. The zero-order valence-corrected chi connectivity index (χ0v) is 29.6. The van der Waals surface area contributed by atoms with Crippen molar-refractivity contribution in [3.05, 3.63) is 157 Å². The molecule has 14 rings (SSSR count). The molecule has 4 fully saturated rings. The third-order valence-corrected chi connectivity index (χ3v) is 14.4. The van der Waals surface area contributed by atoms with Crippen LogP contribution in [0.4, 0.5) is 0 Å². The molecule has 0 saturated heterocycles. The van der Waals surface area contributed by atoms with Gasteiger partial charge in [-0.25, -0.2) is 0 Å². The molecular weight excluding hydrogens is 641 g/mol. The van der Waals surface area contributed by atoms with Gasteiger partial charge in [0.2, 0.25) is 0 Å². The average molecular weight is 679 g/mol. The van der Waals surface area contributed by atoms with Crippen LogP contribution in [0.15, 0.2) is 150 Å². The molecule has 1 nitrogen and oxygen atoms in total. The minimum Gasteiger partial charge on any atom is -0.456 e. The summed E-state index contributed by atoms with van der Waals surface area (Å²) in [6.45, 7) is 0. The summed E-state index contributed by atoms with van der Waals surface area (Å²) in [6.07, 6.45) is 7.04. The molecule has 4 saturated carbocycles. The van der Waals surface area contributed by atoms with Crippen molar-refractivity contribution < 1.29 is 4.42 Å². The quantitative estimate of drug-likeness (QED) is 0.166. The molecule has 0 radical (unpaired) electrons.